The Balaban J connectivity index is -0.000000384. The number of hydrogen-bond donors (Lipinski definition) is 11. The van der Waals surface area contributed by atoms with Gasteiger partial charge in [-0.1, -0.05) is 0 Å². The number of primary amides is 1. The number of aldehydes is 1. The summed E-state index contributed by atoms with van der Waals surface area (Å²) in [6.07, 6.45) is -5.58. The van der Waals surface area contributed by atoms with Gasteiger partial charge in [-0.2, -0.15) is 0 Å². The molecule has 0 aromatic rings. The van der Waals surface area contributed by atoms with Gasteiger partial charge >= 0.3 is 11.9 Å². The van der Waals surface area contributed by atoms with Crippen LogP contribution in [0.2, 0.25) is 0 Å². The van der Waals surface area contributed by atoms with Crippen LogP contribution in [0.5, 0.6) is 0 Å². The van der Waals surface area contributed by atoms with Gasteiger partial charge in [-0.15, -0.1) is 0 Å². The van der Waals surface area contributed by atoms with Crippen molar-refractivity contribution in [2.75, 3.05) is 13.2 Å². The average Bonchev–Trinajstić information content (AvgIpc) is 2.73. The molecule has 31 heavy (non-hydrogen) atoms. The lowest BCUT2D eigenvalue weighted by Crippen LogP contribution is -2.46. The molecule has 0 saturated carbocycles. The zero-order valence-corrected chi connectivity index (χ0v) is 16.9. The molecule has 184 valence electrons. The van der Waals surface area contributed by atoms with Crippen LogP contribution in [0.15, 0.2) is 0 Å². The molecule has 0 aliphatic rings. The smallest absolute Gasteiger partial charge is 0.320 e. The topological polar surface area (TPSA) is 314 Å². The van der Waals surface area contributed by atoms with E-state index < -0.39 is 61.0 Å². The molecule has 0 aliphatic carbocycles. The number of rotatable bonds is 13. The molecular formula is C16H34N4O11. The van der Waals surface area contributed by atoms with E-state index in [0.717, 1.165) is 0 Å². The van der Waals surface area contributed by atoms with Crippen LogP contribution < -0.4 is 22.9 Å². The number of carboxylic acids is 2. The lowest BCUT2D eigenvalue weighted by molar-refractivity contribution is -0.139. The van der Waals surface area contributed by atoms with Gasteiger partial charge < -0.3 is 63.5 Å². The minimum absolute atomic E-state index is 0.0213. The third-order valence-electron chi connectivity index (χ3n) is 3.48. The largest absolute Gasteiger partial charge is 0.480 e. The number of aliphatic hydroxyl groups is 5. The quantitative estimate of drug-likeness (QED) is 0.115. The number of carbonyl (C=O) groups is 4. The molecule has 15 heteroatoms. The summed E-state index contributed by atoms with van der Waals surface area (Å²) in [5, 5.41) is 60.0. The molecule has 0 radical (unpaired) electrons. The van der Waals surface area contributed by atoms with Gasteiger partial charge in [-0.3, -0.25) is 14.4 Å². The van der Waals surface area contributed by atoms with E-state index in [4.69, 9.17) is 58.7 Å². The number of hydrogen-bond acceptors (Lipinski definition) is 12. The Labute approximate surface area is 178 Å². The summed E-state index contributed by atoms with van der Waals surface area (Å²) in [4.78, 5) is 40.1. The Kier molecular flexibility index (Phi) is 21.2. The molecule has 0 heterocycles. The first-order valence-electron chi connectivity index (χ1n) is 9.00. The zero-order chi connectivity index (χ0) is 25.1. The average molecular weight is 458 g/mol. The predicted octanol–water partition coefficient (Wildman–Crippen LogP) is -5.58. The molecule has 0 aromatic carbocycles. The fourth-order valence-electron chi connectivity index (χ4n) is 1.50. The van der Waals surface area contributed by atoms with Crippen LogP contribution >= 0.6 is 0 Å². The Morgan fingerprint density at radius 2 is 1.32 bits per heavy atom. The summed E-state index contributed by atoms with van der Waals surface area (Å²) in [6, 6.07) is -1.72. The highest BCUT2D eigenvalue weighted by Crippen LogP contribution is 2.03. The molecule has 0 spiro atoms. The first kappa shape index (κ1) is 33.4. The predicted molar refractivity (Wildman–Crippen MR) is 105 cm³/mol. The van der Waals surface area contributed by atoms with E-state index in [9.17, 15) is 19.2 Å². The highest BCUT2D eigenvalue weighted by Gasteiger charge is 2.29. The van der Waals surface area contributed by atoms with Crippen LogP contribution in [0, 0.1) is 0 Å². The molecule has 0 aliphatic heterocycles. The van der Waals surface area contributed by atoms with Gasteiger partial charge in [0, 0.05) is 6.42 Å². The second kappa shape index (κ2) is 19.7. The monoisotopic (exact) mass is 458 g/mol. The lowest BCUT2D eigenvalue weighted by atomic mass is 10.0. The number of aliphatic carboxylic acids is 2. The summed E-state index contributed by atoms with van der Waals surface area (Å²) in [6.45, 7) is -0.259. The highest BCUT2D eigenvalue weighted by molar-refractivity contribution is 5.77. The highest BCUT2D eigenvalue weighted by atomic mass is 16.4. The molecule has 15 N–H and O–H groups in total. The van der Waals surface area contributed by atoms with E-state index in [1.807, 2.05) is 0 Å². The van der Waals surface area contributed by atoms with Crippen molar-refractivity contribution >= 4 is 24.1 Å². The van der Waals surface area contributed by atoms with Crippen molar-refractivity contribution in [1.29, 1.82) is 0 Å². The number of carbonyl (C=O) groups excluding carboxylic acids is 2. The summed E-state index contributed by atoms with van der Waals surface area (Å²) in [5.41, 5.74) is 20.1. The summed E-state index contributed by atoms with van der Waals surface area (Å²) in [7, 11) is 0. The third-order valence-corrected chi connectivity index (χ3v) is 3.48. The van der Waals surface area contributed by atoms with Gasteiger partial charge in [0.1, 0.15) is 36.5 Å². The van der Waals surface area contributed by atoms with Crippen molar-refractivity contribution in [3.8, 4) is 0 Å². The molecule has 0 saturated heterocycles. The minimum Gasteiger partial charge on any atom is -0.480 e. The molecule has 0 unspecified atom stereocenters. The van der Waals surface area contributed by atoms with Gasteiger partial charge in [0.15, 0.2) is 6.29 Å². The Hall–Kier alpha value is -2.24. The first-order valence-corrected chi connectivity index (χ1v) is 9.00. The van der Waals surface area contributed by atoms with Crippen molar-refractivity contribution in [3.05, 3.63) is 0 Å². The van der Waals surface area contributed by atoms with Crippen LogP contribution in [0.3, 0.4) is 0 Å². The number of carboxylic acid groups (broad SMARTS) is 2. The van der Waals surface area contributed by atoms with Crippen LogP contribution in [-0.4, -0.2) is 110 Å². The third kappa shape index (κ3) is 19.5. The standard InChI is InChI=1S/C6H12O6.C5H10N2O3.C5H12N2O2/c7-1-3(9)5(11)6(12)4(10)2-8;6-3(5(9)10)1-2-4(7)8;6-3-1-2-4(7)5(8)9/h1,3-6,8-12H,2H2;3H,1-2,6H2,(H2,7,8)(H,9,10);4H,1-3,6-7H2,(H,8,9)/t3-,4+,5+,6+;3-;4-/m000/s1. The second-order valence-corrected chi connectivity index (χ2v) is 6.18. The lowest BCUT2D eigenvalue weighted by Gasteiger charge is -2.22. The van der Waals surface area contributed by atoms with Gasteiger partial charge in [0.2, 0.25) is 5.91 Å². The Morgan fingerprint density at radius 3 is 1.65 bits per heavy atom. The zero-order valence-electron chi connectivity index (χ0n) is 16.9. The fourth-order valence-corrected chi connectivity index (χ4v) is 1.50. The number of nitrogens with two attached hydrogens (primary N) is 4. The maximum absolute atomic E-state index is 10.1. The molecule has 0 bridgehead atoms. The van der Waals surface area contributed by atoms with Crippen molar-refractivity contribution in [3.63, 3.8) is 0 Å². The first-order chi connectivity index (χ1) is 14.3. The molecule has 0 rings (SSSR count). The van der Waals surface area contributed by atoms with E-state index in [1.54, 1.807) is 0 Å². The molecule has 6 atom stereocenters. The fraction of sp³-hybridized carbons (Fsp3) is 0.750. The molecule has 1 amide bonds. The number of amides is 1. The molecule has 0 aromatic heterocycles. The summed E-state index contributed by atoms with van der Waals surface area (Å²) < 4.78 is 0. The minimum atomic E-state index is -1.79. The van der Waals surface area contributed by atoms with Crippen LogP contribution in [0.1, 0.15) is 25.7 Å². The van der Waals surface area contributed by atoms with Crippen molar-refractivity contribution in [2.45, 2.75) is 62.2 Å². The van der Waals surface area contributed by atoms with Crippen LogP contribution in [0.25, 0.3) is 0 Å². The Morgan fingerprint density at radius 1 is 0.871 bits per heavy atom. The number of aliphatic hydroxyl groups excluding tert-OH is 5. The normalized spacial score (nSPS) is 16.0. The van der Waals surface area contributed by atoms with E-state index in [0.29, 0.717) is 19.4 Å². The maximum atomic E-state index is 10.1. The molecule has 0 fully saturated rings. The van der Waals surface area contributed by atoms with Gasteiger partial charge in [0.25, 0.3) is 0 Å². The molecule has 15 nitrogen and oxygen atoms in total. The van der Waals surface area contributed by atoms with E-state index >= 15 is 0 Å². The van der Waals surface area contributed by atoms with Gasteiger partial charge in [-0.05, 0) is 25.8 Å². The van der Waals surface area contributed by atoms with Crippen molar-refractivity contribution in [1.82, 2.24) is 0 Å². The van der Waals surface area contributed by atoms with Gasteiger partial charge in [-0.25, -0.2) is 0 Å². The van der Waals surface area contributed by atoms with Crippen LogP contribution in [-0.2, 0) is 19.2 Å². The van der Waals surface area contributed by atoms with Crippen molar-refractivity contribution in [2.24, 2.45) is 22.9 Å². The second-order valence-electron chi connectivity index (χ2n) is 6.18. The summed E-state index contributed by atoms with van der Waals surface area (Å²) in [5.74, 6) is -2.60. The Bertz CT molecular complexity index is 524. The summed E-state index contributed by atoms with van der Waals surface area (Å²) >= 11 is 0. The van der Waals surface area contributed by atoms with Gasteiger partial charge in [0.05, 0.1) is 6.61 Å². The molecular weight excluding hydrogens is 424 g/mol. The van der Waals surface area contributed by atoms with E-state index in [2.05, 4.69) is 0 Å². The maximum Gasteiger partial charge on any atom is 0.320 e. The van der Waals surface area contributed by atoms with Crippen LogP contribution in [0.4, 0.5) is 0 Å². The SMILES string of the molecule is NC(=O)CC[C@H](N)C(=O)O.NCCC[C@H](N)C(=O)O.O=C[C@H](O)[C@@H](O)[C@H](O)[C@H](O)CO. The van der Waals surface area contributed by atoms with E-state index in [-0.39, 0.29) is 19.1 Å². The van der Waals surface area contributed by atoms with Crippen molar-refractivity contribution < 1.29 is 54.9 Å². The van der Waals surface area contributed by atoms with E-state index in [1.165, 1.54) is 0 Å².